The van der Waals surface area contributed by atoms with E-state index in [0.717, 1.165) is 5.56 Å². The monoisotopic (exact) mass is 461 g/mol. The molecular formula is C20H17F6N3OS. The number of anilines is 1. The van der Waals surface area contributed by atoms with Crippen LogP contribution in [-0.2, 0) is 17.1 Å². The van der Waals surface area contributed by atoms with Crippen LogP contribution in [0.4, 0.5) is 32.0 Å². The highest BCUT2D eigenvalue weighted by molar-refractivity contribution is 7.80. The molecule has 2 aromatic rings. The summed E-state index contributed by atoms with van der Waals surface area (Å²) in [7, 11) is 0. The summed E-state index contributed by atoms with van der Waals surface area (Å²) >= 11 is 5.03. The first-order valence-corrected chi connectivity index (χ1v) is 9.48. The third kappa shape index (κ3) is 5.87. The van der Waals surface area contributed by atoms with Gasteiger partial charge in [0.25, 0.3) is 0 Å². The molecule has 3 rings (SSSR count). The Hall–Kier alpha value is -2.82. The van der Waals surface area contributed by atoms with Crippen LogP contribution in [0.2, 0.25) is 0 Å². The molecule has 4 nitrogen and oxygen atoms in total. The van der Waals surface area contributed by atoms with Gasteiger partial charge in [-0.1, -0.05) is 18.2 Å². The predicted octanol–water partition coefficient (Wildman–Crippen LogP) is 5.24. The lowest BCUT2D eigenvalue weighted by Gasteiger charge is -2.17. The van der Waals surface area contributed by atoms with Crippen molar-refractivity contribution in [3.63, 3.8) is 0 Å². The molecule has 2 N–H and O–H groups in total. The van der Waals surface area contributed by atoms with Crippen molar-refractivity contribution in [2.24, 2.45) is 4.99 Å². The van der Waals surface area contributed by atoms with Crippen LogP contribution in [-0.4, -0.2) is 29.7 Å². The van der Waals surface area contributed by atoms with Gasteiger partial charge < -0.3 is 15.4 Å². The number of ether oxygens (including phenoxy) is 1. The van der Waals surface area contributed by atoms with Crippen LogP contribution >= 0.6 is 12.2 Å². The molecule has 31 heavy (non-hydrogen) atoms. The average molecular weight is 461 g/mol. The molecule has 0 amide bonds. The molecule has 0 saturated heterocycles. The van der Waals surface area contributed by atoms with E-state index in [-0.39, 0.29) is 29.9 Å². The van der Waals surface area contributed by atoms with Crippen molar-refractivity contribution in [3.05, 3.63) is 65.2 Å². The van der Waals surface area contributed by atoms with E-state index in [1.165, 1.54) is 0 Å². The van der Waals surface area contributed by atoms with Gasteiger partial charge >= 0.3 is 12.4 Å². The number of benzene rings is 2. The molecule has 0 radical (unpaired) electrons. The molecule has 1 heterocycles. The largest absolute Gasteiger partial charge is 0.472 e. The van der Waals surface area contributed by atoms with E-state index < -0.39 is 29.2 Å². The maximum Gasteiger partial charge on any atom is 0.416 e. The van der Waals surface area contributed by atoms with Crippen molar-refractivity contribution in [2.45, 2.75) is 31.4 Å². The highest BCUT2D eigenvalue weighted by Gasteiger charge is 2.37. The van der Waals surface area contributed by atoms with E-state index in [2.05, 4.69) is 15.6 Å². The Morgan fingerprint density at radius 1 is 1.00 bits per heavy atom. The molecule has 0 spiro atoms. The first-order valence-electron chi connectivity index (χ1n) is 9.07. The number of halogens is 6. The molecule has 1 aliphatic heterocycles. The van der Waals surface area contributed by atoms with Crippen LogP contribution in [0, 0.1) is 0 Å². The number of aliphatic imine (C=N–C) groups is 1. The standard InChI is InChI=1S/C20H17F6N3OS/c1-11-16(29-17(30-11)12-5-3-2-4-6-12)10-27-18(31)28-15-8-13(19(21,22)23)7-14(9-15)20(24,25)26/h2-9,11,16H,10H2,1H3,(H2,27,28,31)/t11-,16-/m1/s1. The van der Waals surface area contributed by atoms with Crippen LogP contribution < -0.4 is 10.6 Å². The van der Waals surface area contributed by atoms with Crippen molar-refractivity contribution in [3.8, 4) is 0 Å². The molecule has 0 fully saturated rings. The molecule has 0 saturated carbocycles. The van der Waals surface area contributed by atoms with E-state index >= 15 is 0 Å². The Morgan fingerprint density at radius 3 is 2.13 bits per heavy atom. The van der Waals surface area contributed by atoms with Crippen molar-refractivity contribution in [2.75, 3.05) is 11.9 Å². The van der Waals surface area contributed by atoms with Crippen LogP contribution in [0.1, 0.15) is 23.6 Å². The zero-order valence-corrected chi connectivity index (χ0v) is 16.8. The molecular weight excluding hydrogens is 444 g/mol. The lowest BCUT2D eigenvalue weighted by atomic mass is 10.1. The van der Waals surface area contributed by atoms with E-state index in [9.17, 15) is 26.3 Å². The fraction of sp³-hybridized carbons (Fsp3) is 0.300. The normalized spacial score (nSPS) is 18.9. The SMILES string of the molecule is C[C@H]1OC(c2ccccc2)=N[C@@H]1CNC(=S)Nc1cc(C(F)(F)F)cc(C(F)(F)F)c1. The van der Waals surface area contributed by atoms with Gasteiger partial charge in [-0.2, -0.15) is 26.3 Å². The predicted molar refractivity (Wildman–Crippen MR) is 108 cm³/mol. The molecule has 0 aliphatic carbocycles. The zero-order valence-electron chi connectivity index (χ0n) is 16.0. The number of nitrogens with one attached hydrogen (secondary N) is 2. The minimum Gasteiger partial charge on any atom is -0.472 e. The maximum atomic E-state index is 13.0. The molecule has 1 aliphatic rings. The molecule has 11 heteroatoms. The number of alkyl halides is 6. The first kappa shape index (κ1) is 22.9. The van der Waals surface area contributed by atoms with Crippen LogP contribution in [0.5, 0.6) is 0 Å². The molecule has 166 valence electrons. The minimum absolute atomic E-state index is 0.0546. The maximum absolute atomic E-state index is 13.0. The molecule has 2 aromatic carbocycles. The van der Waals surface area contributed by atoms with Gasteiger partial charge in [-0.15, -0.1) is 0 Å². The molecule has 0 unspecified atom stereocenters. The lowest BCUT2D eigenvalue weighted by molar-refractivity contribution is -0.143. The fourth-order valence-electron chi connectivity index (χ4n) is 2.88. The number of thiocarbonyl (C=S) groups is 1. The summed E-state index contributed by atoms with van der Waals surface area (Å²) in [5, 5.41) is 5.01. The number of hydrogen-bond acceptors (Lipinski definition) is 3. The van der Waals surface area contributed by atoms with Crippen LogP contribution in [0.15, 0.2) is 53.5 Å². The molecule has 0 aromatic heterocycles. The van der Waals surface area contributed by atoms with Crippen LogP contribution in [0.25, 0.3) is 0 Å². The van der Waals surface area contributed by atoms with Gasteiger partial charge in [0.1, 0.15) is 12.1 Å². The van der Waals surface area contributed by atoms with E-state index in [4.69, 9.17) is 17.0 Å². The van der Waals surface area contributed by atoms with E-state index in [1.807, 2.05) is 30.3 Å². The van der Waals surface area contributed by atoms with Gasteiger partial charge in [-0.3, -0.25) is 0 Å². The Kier molecular flexibility index (Phi) is 6.44. The second-order valence-electron chi connectivity index (χ2n) is 6.82. The molecule has 2 atom stereocenters. The third-order valence-electron chi connectivity index (χ3n) is 4.46. The van der Waals surface area contributed by atoms with Crippen molar-refractivity contribution >= 4 is 28.9 Å². The number of nitrogens with zero attached hydrogens (tertiary/aromatic N) is 1. The Labute approximate surface area is 179 Å². The average Bonchev–Trinajstić information content (AvgIpc) is 3.06. The smallest absolute Gasteiger partial charge is 0.416 e. The quantitative estimate of drug-likeness (QED) is 0.483. The van der Waals surface area contributed by atoms with E-state index in [0.29, 0.717) is 18.0 Å². The summed E-state index contributed by atoms with van der Waals surface area (Å²) in [5.74, 6) is 0.450. The summed E-state index contributed by atoms with van der Waals surface area (Å²) in [6.45, 7) is 1.97. The first-order chi connectivity index (χ1) is 14.4. The Bertz CT molecular complexity index is 943. The minimum atomic E-state index is -4.94. The zero-order chi connectivity index (χ0) is 22.8. The Balaban J connectivity index is 1.68. The summed E-state index contributed by atoms with van der Waals surface area (Å²) in [5.41, 5.74) is -2.49. The van der Waals surface area contributed by atoms with Crippen LogP contribution in [0.3, 0.4) is 0 Å². The number of rotatable bonds is 4. The van der Waals surface area contributed by atoms with Gasteiger partial charge in [0.15, 0.2) is 5.11 Å². The van der Waals surface area contributed by atoms with Crippen molar-refractivity contribution in [1.82, 2.24) is 5.32 Å². The summed E-state index contributed by atoms with van der Waals surface area (Å²) in [4.78, 5) is 4.46. The van der Waals surface area contributed by atoms with Gasteiger partial charge in [0.2, 0.25) is 5.90 Å². The number of hydrogen-bond donors (Lipinski definition) is 2. The highest BCUT2D eigenvalue weighted by Crippen LogP contribution is 2.37. The summed E-state index contributed by atoms with van der Waals surface area (Å²) in [6, 6.07) is 10.0. The van der Waals surface area contributed by atoms with Gasteiger partial charge in [0, 0.05) is 17.8 Å². The molecule has 0 bridgehead atoms. The topological polar surface area (TPSA) is 45.6 Å². The summed E-state index contributed by atoms with van der Waals surface area (Å²) < 4.78 is 83.6. The van der Waals surface area contributed by atoms with E-state index in [1.54, 1.807) is 6.92 Å². The van der Waals surface area contributed by atoms with Crippen molar-refractivity contribution in [1.29, 1.82) is 0 Å². The van der Waals surface area contributed by atoms with Crippen molar-refractivity contribution < 1.29 is 31.1 Å². The second-order valence-corrected chi connectivity index (χ2v) is 7.23. The fourth-order valence-corrected chi connectivity index (χ4v) is 3.08. The van der Waals surface area contributed by atoms with Gasteiger partial charge in [-0.05, 0) is 49.5 Å². The lowest BCUT2D eigenvalue weighted by Crippen LogP contribution is -2.37. The van der Waals surface area contributed by atoms with Gasteiger partial charge in [-0.25, -0.2) is 4.99 Å². The summed E-state index contributed by atoms with van der Waals surface area (Å²) in [6.07, 6.45) is -10.2. The third-order valence-corrected chi connectivity index (χ3v) is 4.71. The Morgan fingerprint density at radius 2 is 1.58 bits per heavy atom. The second kappa shape index (κ2) is 8.74. The highest BCUT2D eigenvalue weighted by atomic mass is 32.1. The van der Waals surface area contributed by atoms with Gasteiger partial charge in [0.05, 0.1) is 11.1 Å².